The highest BCUT2D eigenvalue weighted by Crippen LogP contribution is 2.15. The number of allylic oxidation sites excluding steroid dienone is 12. The third-order valence-electron chi connectivity index (χ3n) is 12.4. The molecule has 0 radical (unpaired) electrons. The van der Waals surface area contributed by atoms with Crippen LogP contribution in [0.2, 0.25) is 0 Å². The van der Waals surface area contributed by atoms with Gasteiger partial charge in [-0.15, -0.1) is 0 Å². The Kier molecular flexibility index (Phi) is 53.8. The Morgan fingerprint density at radius 1 is 0.294 bits per heavy atom. The smallest absolute Gasteiger partial charge is 0.306 e. The SMILES string of the molecule is CCCCC/C=C\C/C=C\C/C=C\CCCCCCCCC(=O)OC[C@@H](COC(=O)CCCCCCC/C=C\CCCCC)OC(=O)CCCCCCCCCCC/C=C\C/C=C\CCCCC. The Bertz CT molecular complexity index is 1270. The molecule has 0 N–H and O–H groups in total. The lowest BCUT2D eigenvalue weighted by Crippen LogP contribution is -2.30. The average Bonchev–Trinajstić information content (AvgIpc) is 3.34. The molecule has 0 aromatic heterocycles. The molecule has 0 aliphatic heterocycles. The molecule has 0 aromatic carbocycles. The molecule has 0 spiro atoms. The van der Waals surface area contributed by atoms with Crippen LogP contribution in [0, 0.1) is 0 Å². The fourth-order valence-electron chi connectivity index (χ4n) is 8.00. The van der Waals surface area contributed by atoms with Gasteiger partial charge in [-0.2, -0.15) is 0 Å². The first kappa shape index (κ1) is 64.8. The minimum atomic E-state index is -0.787. The second-order valence-corrected chi connectivity index (χ2v) is 19.2. The van der Waals surface area contributed by atoms with Gasteiger partial charge in [0.1, 0.15) is 13.2 Å². The van der Waals surface area contributed by atoms with E-state index in [2.05, 4.69) is 93.7 Å². The third-order valence-corrected chi connectivity index (χ3v) is 12.4. The van der Waals surface area contributed by atoms with Crippen LogP contribution in [0.5, 0.6) is 0 Å². The van der Waals surface area contributed by atoms with Crippen molar-refractivity contribution in [1.29, 1.82) is 0 Å². The van der Waals surface area contributed by atoms with Crippen molar-refractivity contribution in [2.24, 2.45) is 0 Å². The molecule has 0 saturated heterocycles. The summed E-state index contributed by atoms with van der Waals surface area (Å²) >= 11 is 0. The van der Waals surface area contributed by atoms with Crippen LogP contribution in [0.4, 0.5) is 0 Å². The van der Waals surface area contributed by atoms with Crippen molar-refractivity contribution >= 4 is 17.9 Å². The van der Waals surface area contributed by atoms with Crippen molar-refractivity contribution in [2.45, 2.75) is 290 Å². The van der Waals surface area contributed by atoms with E-state index in [1.165, 1.54) is 154 Å². The highest BCUT2D eigenvalue weighted by molar-refractivity contribution is 5.71. The molecule has 0 bridgehead atoms. The van der Waals surface area contributed by atoms with Crippen molar-refractivity contribution in [1.82, 2.24) is 0 Å². The Balaban J connectivity index is 4.38. The molecule has 0 rings (SSSR count). The van der Waals surface area contributed by atoms with Gasteiger partial charge >= 0.3 is 17.9 Å². The van der Waals surface area contributed by atoms with E-state index in [4.69, 9.17) is 14.2 Å². The second-order valence-electron chi connectivity index (χ2n) is 19.2. The summed E-state index contributed by atoms with van der Waals surface area (Å²) in [7, 11) is 0. The molecule has 6 heteroatoms. The summed E-state index contributed by atoms with van der Waals surface area (Å²) in [5, 5.41) is 0. The van der Waals surface area contributed by atoms with Crippen molar-refractivity contribution in [3.63, 3.8) is 0 Å². The highest BCUT2D eigenvalue weighted by atomic mass is 16.6. The summed E-state index contributed by atoms with van der Waals surface area (Å²) in [6.45, 7) is 6.56. The molecule has 0 fully saturated rings. The number of esters is 3. The van der Waals surface area contributed by atoms with Gasteiger partial charge in [0.2, 0.25) is 0 Å². The summed E-state index contributed by atoms with van der Waals surface area (Å²) in [6.07, 6.45) is 71.7. The van der Waals surface area contributed by atoms with E-state index >= 15 is 0 Å². The summed E-state index contributed by atoms with van der Waals surface area (Å²) < 4.78 is 16.8. The maximum Gasteiger partial charge on any atom is 0.306 e. The average molecular weight is 950 g/mol. The van der Waals surface area contributed by atoms with Crippen LogP contribution in [0.3, 0.4) is 0 Å². The first-order valence-electron chi connectivity index (χ1n) is 28.9. The van der Waals surface area contributed by atoms with Crippen molar-refractivity contribution in [2.75, 3.05) is 13.2 Å². The molecule has 0 aliphatic rings. The lowest BCUT2D eigenvalue weighted by molar-refractivity contribution is -0.167. The van der Waals surface area contributed by atoms with Gasteiger partial charge in [0.25, 0.3) is 0 Å². The maximum absolute atomic E-state index is 12.9. The van der Waals surface area contributed by atoms with Crippen LogP contribution in [0.25, 0.3) is 0 Å². The highest BCUT2D eigenvalue weighted by Gasteiger charge is 2.19. The molecule has 0 aromatic rings. The molecule has 0 heterocycles. The van der Waals surface area contributed by atoms with Crippen LogP contribution < -0.4 is 0 Å². The van der Waals surface area contributed by atoms with Crippen LogP contribution in [-0.4, -0.2) is 37.2 Å². The molecule has 1 atom stereocenters. The predicted octanol–water partition coefficient (Wildman–Crippen LogP) is 19.4. The Morgan fingerprint density at radius 2 is 0.529 bits per heavy atom. The summed E-state index contributed by atoms with van der Waals surface area (Å²) in [5.41, 5.74) is 0. The summed E-state index contributed by atoms with van der Waals surface area (Å²) in [4.78, 5) is 38.1. The molecule has 68 heavy (non-hydrogen) atoms. The van der Waals surface area contributed by atoms with E-state index < -0.39 is 6.10 Å². The van der Waals surface area contributed by atoms with Gasteiger partial charge in [0.05, 0.1) is 0 Å². The molecule has 0 amide bonds. The van der Waals surface area contributed by atoms with E-state index in [0.717, 1.165) is 89.9 Å². The van der Waals surface area contributed by atoms with Crippen molar-refractivity contribution in [3.8, 4) is 0 Å². The topological polar surface area (TPSA) is 78.9 Å². The van der Waals surface area contributed by atoms with Crippen molar-refractivity contribution < 1.29 is 28.6 Å². The fourth-order valence-corrected chi connectivity index (χ4v) is 8.00. The van der Waals surface area contributed by atoms with Gasteiger partial charge < -0.3 is 14.2 Å². The van der Waals surface area contributed by atoms with Gasteiger partial charge in [-0.05, 0) is 116 Å². The van der Waals surface area contributed by atoms with Crippen LogP contribution in [0.1, 0.15) is 284 Å². The number of unbranched alkanes of at least 4 members (excludes halogenated alkanes) is 29. The minimum Gasteiger partial charge on any atom is -0.462 e. The quantitative estimate of drug-likeness (QED) is 0.0262. The first-order chi connectivity index (χ1) is 33.5. The maximum atomic E-state index is 12.9. The molecular weight excluding hydrogens is 841 g/mol. The van der Waals surface area contributed by atoms with Gasteiger partial charge in [-0.3, -0.25) is 14.4 Å². The summed E-state index contributed by atoms with van der Waals surface area (Å²) in [6, 6.07) is 0. The van der Waals surface area contributed by atoms with Gasteiger partial charge in [0.15, 0.2) is 6.10 Å². The second kappa shape index (κ2) is 56.4. The third kappa shape index (κ3) is 53.8. The van der Waals surface area contributed by atoms with E-state index in [9.17, 15) is 14.4 Å². The van der Waals surface area contributed by atoms with Gasteiger partial charge in [-0.25, -0.2) is 0 Å². The lowest BCUT2D eigenvalue weighted by Gasteiger charge is -2.18. The standard InChI is InChI=1S/C62H108O6/c1-4-7-10-13-16-19-22-25-27-29-31-33-35-37-40-43-46-49-52-55-61(64)67-58-59(57-66-60(63)54-51-48-45-42-39-24-21-18-15-12-9-6-3)68-62(65)56-53-50-47-44-41-38-36-34-32-30-28-26-23-20-17-14-11-8-5-2/h16-21,25-28,31,33,59H,4-15,22-24,29-30,32,34-58H2,1-3H3/b19-16-,20-17-,21-18-,27-25-,28-26-,33-31-/t59-/m1/s1. The molecule has 0 unspecified atom stereocenters. The van der Waals surface area contributed by atoms with Crippen LogP contribution >= 0.6 is 0 Å². The van der Waals surface area contributed by atoms with E-state index in [1.54, 1.807) is 0 Å². The zero-order valence-electron chi connectivity index (χ0n) is 44.9. The molecule has 6 nitrogen and oxygen atoms in total. The molecule has 0 aliphatic carbocycles. The monoisotopic (exact) mass is 949 g/mol. The number of ether oxygens (including phenoxy) is 3. The minimum absolute atomic E-state index is 0.0853. The van der Waals surface area contributed by atoms with E-state index in [0.29, 0.717) is 19.3 Å². The van der Waals surface area contributed by atoms with Crippen LogP contribution in [-0.2, 0) is 28.6 Å². The number of hydrogen-bond acceptors (Lipinski definition) is 6. The number of carbonyl (C=O) groups excluding carboxylic acids is 3. The normalized spacial score (nSPS) is 12.6. The number of rotatable bonds is 52. The largest absolute Gasteiger partial charge is 0.462 e. The molecular formula is C62H108O6. The first-order valence-corrected chi connectivity index (χ1v) is 28.9. The van der Waals surface area contributed by atoms with Crippen molar-refractivity contribution in [3.05, 3.63) is 72.9 Å². The van der Waals surface area contributed by atoms with Gasteiger partial charge in [-0.1, -0.05) is 222 Å². The zero-order valence-corrected chi connectivity index (χ0v) is 44.9. The van der Waals surface area contributed by atoms with E-state index in [1.807, 2.05) is 0 Å². The van der Waals surface area contributed by atoms with Gasteiger partial charge in [0, 0.05) is 19.3 Å². The van der Waals surface area contributed by atoms with E-state index in [-0.39, 0.29) is 31.1 Å². The Hall–Kier alpha value is -3.15. The number of carbonyl (C=O) groups is 3. The Morgan fingerprint density at radius 3 is 0.838 bits per heavy atom. The lowest BCUT2D eigenvalue weighted by atomic mass is 10.1. The number of hydrogen-bond donors (Lipinski definition) is 0. The zero-order chi connectivity index (χ0) is 49.3. The molecule has 392 valence electrons. The summed E-state index contributed by atoms with van der Waals surface area (Å²) in [5.74, 6) is -0.903. The fraction of sp³-hybridized carbons (Fsp3) is 0.758. The molecule has 0 saturated carbocycles. The van der Waals surface area contributed by atoms with Crippen LogP contribution in [0.15, 0.2) is 72.9 Å². The predicted molar refractivity (Wildman–Crippen MR) is 293 cm³/mol. The Labute approximate surface area is 421 Å².